The second kappa shape index (κ2) is 3.28. The molecule has 0 amide bonds. The van der Waals surface area contributed by atoms with Crippen molar-refractivity contribution in [1.82, 2.24) is 0 Å². The summed E-state index contributed by atoms with van der Waals surface area (Å²) in [5, 5.41) is 27.4. The molecule has 1 fully saturated rings. The lowest BCUT2D eigenvalue weighted by molar-refractivity contribution is -0.191. The number of ether oxygens (including phenoxy) is 1. The number of aliphatic hydroxyl groups excluding tert-OH is 3. The molecule has 66 valence electrons. The number of hydrogen-bond donors (Lipinski definition) is 4. The van der Waals surface area contributed by atoms with Crippen LogP contribution in [0.25, 0.3) is 0 Å². The third-order valence-corrected chi connectivity index (χ3v) is 2.25. The molecule has 5 heteroatoms. The van der Waals surface area contributed by atoms with Crippen LogP contribution in [0.4, 0.5) is 0 Å². The van der Waals surface area contributed by atoms with Crippen LogP contribution in [0, 0.1) is 0 Å². The summed E-state index contributed by atoms with van der Waals surface area (Å²) in [6, 6.07) is 0. The summed E-state index contributed by atoms with van der Waals surface area (Å²) in [6.45, 7) is 1.61. The highest BCUT2D eigenvalue weighted by Gasteiger charge is 2.39. The van der Waals surface area contributed by atoms with E-state index < -0.39 is 29.9 Å². The maximum atomic E-state index is 9.17. The monoisotopic (exact) mass is 180 g/mol. The Morgan fingerprint density at radius 2 is 1.64 bits per heavy atom. The normalized spacial score (nSPS) is 52.6. The predicted molar refractivity (Wildman–Crippen MR) is 41.3 cm³/mol. The van der Waals surface area contributed by atoms with Crippen molar-refractivity contribution in [3.05, 3.63) is 0 Å². The molecule has 1 unspecified atom stereocenters. The average Bonchev–Trinajstić information content (AvgIpc) is 1.97. The van der Waals surface area contributed by atoms with E-state index in [0.717, 1.165) is 0 Å². The lowest BCUT2D eigenvalue weighted by Crippen LogP contribution is -2.54. The Morgan fingerprint density at radius 1 is 1.09 bits per heavy atom. The lowest BCUT2D eigenvalue weighted by Gasteiger charge is -2.37. The molecule has 0 aliphatic carbocycles. The van der Waals surface area contributed by atoms with Gasteiger partial charge >= 0.3 is 0 Å². The predicted octanol–water partition coefficient (Wildman–Crippen LogP) is -1.26. The number of rotatable bonds is 0. The molecule has 0 aromatic heterocycles. The van der Waals surface area contributed by atoms with Gasteiger partial charge in [-0.3, -0.25) is 0 Å². The Morgan fingerprint density at radius 3 is 2.18 bits per heavy atom. The fourth-order valence-corrected chi connectivity index (χ4v) is 1.40. The van der Waals surface area contributed by atoms with E-state index >= 15 is 0 Å². The molecule has 3 N–H and O–H groups in total. The summed E-state index contributed by atoms with van der Waals surface area (Å²) in [6.07, 6.45) is -3.81. The Kier molecular flexibility index (Phi) is 2.77. The van der Waals surface area contributed by atoms with E-state index in [1.807, 2.05) is 0 Å². The molecule has 1 aliphatic heterocycles. The average molecular weight is 180 g/mol. The summed E-state index contributed by atoms with van der Waals surface area (Å²) in [5.41, 5.74) is -0.719. The summed E-state index contributed by atoms with van der Waals surface area (Å²) in [5.74, 6) is 0. The fourth-order valence-electron chi connectivity index (χ4n) is 1.03. The highest BCUT2D eigenvalue weighted by molar-refractivity contribution is 7.80. The van der Waals surface area contributed by atoms with Crippen molar-refractivity contribution >= 4 is 12.6 Å². The van der Waals surface area contributed by atoms with Crippen LogP contribution in [0.1, 0.15) is 6.92 Å². The van der Waals surface area contributed by atoms with Gasteiger partial charge in [0.1, 0.15) is 23.7 Å². The van der Waals surface area contributed by atoms with E-state index in [-0.39, 0.29) is 0 Å². The van der Waals surface area contributed by atoms with Crippen LogP contribution in [0.15, 0.2) is 0 Å². The Labute approximate surface area is 70.2 Å². The van der Waals surface area contributed by atoms with Crippen LogP contribution in [-0.2, 0) is 4.74 Å². The van der Waals surface area contributed by atoms with Crippen molar-refractivity contribution in [3.8, 4) is 0 Å². The second-order valence-corrected chi connectivity index (χ2v) is 3.21. The molecule has 0 spiro atoms. The Bertz CT molecular complexity index is 129. The number of aliphatic hydroxyl groups is 3. The molecule has 5 atom stereocenters. The second-order valence-electron chi connectivity index (χ2n) is 2.70. The minimum absolute atomic E-state index is 0.490. The molecular formula is C6H12O4S. The van der Waals surface area contributed by atoms with Gasteiger partial charge in [-0.15, -0.1) is 12.6 Å². The summed E-state index contributed by atoms with van der Waals surface area (Å²) in [4.78, 5) is 0. The zero-order valence-electron chi connectivity index (χ0n) is 6.08. The van der Waals surface area contributed by atoms with Gasteiger partial charge < -0.3 is 20.1 Å². The van der Waals surface area contributed by atoms with Gasteiger partial charge in [0.05, 0.1) is 6.10 Å². The van der Waals surface area contributed by atoms with Gasteiger partial charge in [0.2, 0.25) is 0 Å². The molecule has 11 heavy (non-hydrogen) atoms. The van der Waals surface area contributed by atoms with Gasteiger partial charge in [-0.05, 0) is 6.92 Å². The fraction of sp³-hybridized carbons (Fsp3) is 1.00. The molecule has 1 heterocycles. The highest BCUT2D eigenvalue weighted by Crippen LogP contribution is 2.22. The Hall–Kier alpha value is 0.190. The molecule has 0 saturated carbocycles. The van der Waals surface area contributed by atoms with E-state index in [2.05, 4.69) is 12.6 Å². The smallest absolute Gasteiger partial charge is 0.129 e. The van der Waals surface area contributed by atoms with Crippen molar-refractivity contribution in [2.45, 2.75) is 36.8 Å². The van der Waals surface area contributed by atoms with Crippen LogP contribution >= 0.6 is 12.6 Å². The number of hydrogen-bond acceptors (Lipinski definition) is 5. The van der Waals surface area contributed by atoms with Gasteiger partial charge in [-0.2, -0.15) is 0 Å². The molecule has 0 radical (unpaired) electrons. The first-order chi connectivity index (χ1) is 5.04. The van der Waals surface area contributed by atoms with Crippen LogP contribution < -0.4 is 0 Å². The maximum absolute atomic E-state index is 9.17. The van der Waals surface area contributed by atoms with Crippen molar-refractivity contribution < 1.29 is 20.1 Å². The molecule has 0 aromatic carbocycles. The van der Waals surface area contributed by atoms with E-state index in [1.165, 1.54) is 0 Å². The first-order valence-electron chi connectivity index (χ1n) is 3.41. The zero-order chi connectivity index (χ0) is 8.59. The molecule has 0 aromatic rings. The van der Waals surface area contributed by atoms with Gasteiger partial charge in [-0.1, -0.05) is 0 Å². The molecule has 1 saturated heterocycles. The minimum Gasteiger partial charge on any atom is -0.388 e. The van der Waals surface area contributed by atoms with Crippen LogP contribution in [0.3, 0.4) is 0 Å². The van der Waals surface area contributed by atoms with E-state index in [1.54, 1.807) is 6.92 Å². The van der Waals surface area contributed by atoms with Gasteiger partial charge in [-0.25, -0.2) is 0 Å². The largest absolute Gasteiger partial charge is 0.388 e. The third kappa shape index (κ3) is 1.68. The van der Waals surface area contributed by atoms with Gasteiger partial charge in [0.15, 0.2) is 0 Å². The molecule has 1 aliphatic rings. The van der Waals surface area contributed by atoms with Gasteiger partial charge in [0.25, 0.3) is 0 Å². The van der Waals surface area contributed by atoms with Crippen molar-refractivity contribution in [2.75, 3.05) is 0 Å². The molecular weight excluding hydrogens is 168 g/mol. The lowest BCUT2D eigenvalue weighted by atomic mass is 10.0. The van der Waals surface area contributed by atoms with Crippen molar-refractivity contribution in [3.63, 3.8) is 0 Å². The van der Waals surface area contributed by atoms with Crippen LogP contribution in [-0.4, -0.2) is 45.2 Å². The Balaban J connectivity index is 2.63. The number of thiol groups is 1. The van der Waals surface area contributed by atoms with Crippen LogP contribution in [0.5, 0.6) is 0 Å². The third-order valence-electron chi connectivity index (χ3n) is 1.83. The van der Waals surface area contributed by atoms with Crippen molar-refractivity contribution in [2.24, 2.45) is 0 Å². The van der Waals surface area contributed by atoms with Crippen molar-refractivity contribution in [1.29, 1.82) is 0 Å². The first kappa shape index (κ1) is 9.28. The SMILES string of the molecule is C[C@H]1OC(S)[C@H](O)[C@@H](O)[C@H]1O. The zero-order valence-corrected chi connectivity index (χ0v) is 6.98. The summed E-state index contributed by atoms with van der Waals surface area (Å²) < 4.78 is 4.99. The molecule has 1 rings (SSSR count). The highest BCUT2D eigenvalue weighted by atomic mass is 32.1. The quantitative estimate of drug-likeness (QED) is 0.351. The summed E-state index contributed by atoms with van der Waals surface area (Å²) >= 11 is 3.87. The molecule has 0 bridgehead atoms. The first-order valence-corrected chi connectivity index (χ1v) is 3.93. The topological polar surface area (TPSA) is 69.9 Å². The van der Waals surface area contributed by atoms with E-state index in [9.17, 15) is 0 Å². The molecule has 4 nitrogen and oxygen atoms in total. The maximum Gasteiger partial charge on any atom is 0.129 e. The van der Waals surface area contributed by atoms with Crippen LogP contribution in [0.2, 0.25) is 0 Å². The summed E-state index contributed by atoms with van der Waals surface area (Å²) in [7, 11) is 0. The van der Waals surface area contributed by atoms with E-state index in [0.29, 0.717) is 0 Å². The van der Waals surface area contributed by atoms with Gasteiger partial charge in [0, 0.05) is 0 Å². The van der Waals surface area contributed by atoms with E-state index in [4.69, 9.17) is 20.1 Å². The minimum atomic E-state index is -1.17. The standard InChI is InChI=1S/C6H12O4S/c1-2-3(7)4(8)5(9)6(11)10-2/h2-9,11H,1H3/t2-,3+,4+,5-,6?/m1/s1.